The van der Waals surface area contributed by atoms with Crippen LogP contribution >= 0.6 is 9.47 Å². The second kappa shape index (κ2) is 6.31. The first kappa shape index (κ1) is 13.8. The summed E-state index contributed by atoms with van der Waals surface area (Å²) >= 11 is 0. The van der Waals surface area contributed by atoms with E-state index in [0.717, 1.165) is 0 Å². The third kappa shape index (κ3) is 5.29. The molecule has 1 unspecified atom stereocenters. The van der Waals surface area contributed by atoms with Gasteiger partial charge in [-0.05, 0) is 6.92 Å². The molecule has 0 heterocycles. The Balaban J connectivity index is 4.35. The van der Waals surface area contributed by atoms with Gasteiger partial charge in [0.1, 0.15) is 12.1 Å². The van der Waals surface area contributed by atoms with Crippen LogP contribution in [0.15, 0.2) is 0 Å². The van der Waals surface area contributed by atoms with Crippen molar-refractivity contribution < 1.29 is 29.1 Å². The average Bonchev–Trinajstić information content (AvgIpc) is 2.15. The van der Waals surface area contributed by atoms with Gasteiger partial charge in [0.25, 0.3) is 0 Å². The molecule has 0 spiro atoms. The Labute approximate surface area is 88.1 Å². The van der Waals surface area contributed by atoms with Gasteiger partial charge in [0, 0.05) is 0 Å². The average molecular weight is 237 g/mol. The third-order valence-electron chi connectivity index (χ3n) is 1.50. The minimum absolute atomic E-state index is 0.503. The Kier molecular flexibility index (Phi) is 5.81. The predicted molar refractivity (Wildman–Crippen MR) is 51.7 cm³/mol. The molecule has 8 heteroatoms. The molecule has 15 heavy (non-hydrogen) atoms. The van der Waals surface area contributed by atoms with Crippen molar-refractivity contribution >= 4 is 27.3 Å². The first-order chi connectivity index (χ1) is 6.88. The van der Waals surface area contributed by atoms with Crippen LogP contribution in [0.25, 0.3) is 0 Å². The zero-order valence-corrected chi connectivity index (χ0v) is 9.12. The summed E-state index contributed by atoms with van der Waals surface area (Å²) in [6.07, 6.45) is -1.84. The summed E-state index contributed by atoms with van der Waals surface area (Å²) in [5.41, 5.74) is 0. The molecule has 0 saturated carbocycles. The lowest BCUT2D eigenvalue weighted by Crippen LogP contribution is -2.45. The first-order valence-electron chi connectivity index (χ1n) is 3.99. The lowest BCUT2D eigenvalue weighted by atomic mass is 10.2. The molecule has 3 atom stereocenters. The molecule has 0 rings (SSSR count). The third-order valence-corrected chi connectivity index (χ3v) is 1.76. The summed E-state index contributed by atoms with van der Waals surface area (Å²) in [5.74, 6) is -3.03. The summed E-state index contributed by atoms with van der Waals surface area (Å²) in [6, 6.07) is -1.40. The topological polar surface area (TPSA) is 113 Å². The molecule has 0 aromatic carbocycles. The number of aliphatic hydroxyl groups is 1. The highest BCUT2D eigenvalue weighted by molar-refractivity contribution is 7.10. The molecule has 0 saturated heterocycles. The number of amides is 1. The molecular formula is C7H12NO6P. The standard InChI is InChI=1S/C7H12NO6P/c1-3(9)6(11)8-4(7(12)13)2-5(10)14-15/h3-4,9H,2,15H2,1H3,(H,8,11)(H,12,13)/t3-,4-/m0/s1. The van der Waals surface area contributed by atoms with Crippen LogP contribution in [-0.4, -0.2) is 40.2 Å². The van der Waals surface area contributed by atoms with Crippen LogP contribution < -0.4 is 5.32 Å². The van der Waals surface area contributed by atoms with Gasteiger partial charge in [-0.1, -0.05) is 0 Å². The van der Waals surface area contributed by atoms with Gasteiger partial charge in [-0.25, -0.2) is 4.79 Å². The predicted octanol–water partition coefficient (Wildman–Crippen LogP) is -1.34. The maximum atomic E-state index is 10.9. The molecule has 0 aliphatic carbocycles. The van der Waals surface area contributed by atoms with E-state index in [1.54, 1.807) is 9.47 Å². The number of carboxylic acids is 1. The van der Waals surface area contributed by atoms with Crippen molar-refractivity contribution in [1.29, 1.82) is 0 Å². The number of aliphatic carboxylic acids is 1. The Morgan fingerprint density at radius 1 is 1.47 bits per heavy atom. The molecule has 1 amide bonds. The Hall–Kier alpha value is -1.20. The van der Waals surface area contributed by atoms with Crippen molar-refractivity contribution in [1.82, 2.24) is 5.32 Å². The molecule has 0 aliphatic heterocycles. The van der Waals surface area contributed by atoms with E-state index in [1.807, 2.05) is 5.32 Å². The second-order valence-corrected chi connectivity index (χ2v) is 3.01. The second-order valence-electron chi connectivity index (χ2n) is 2.77. The molecule has 0 aliphatic rings. The molecule has 0 aromatic heterocycles. The van der Waals surface area contributed by atoms with E-state index in [-0.39, 0.29) is 0 Å². The lowest BCUT2D eigenvalue weighted by molar-refractivity contribution is -0.146. The fourth-order valence-electron chi connectivity index (χ4n) is 0.707. The van der Waals surface area contributed by atoms with Crippen LogP contribution in [0.3, 0.4) is 0 Å². The van der Waals surface area contributed by atoms with Gasteiger partial charge < -0.3 is 20.1 Å². The molecule has 3 N–H and O–H groups in total. The van der Waals surface area contributed by atoms with Crippen molar-refractivity contribution in [2.45, 2.75) is 25.5 Å². The van der Waals surface area contributed by atoms with Gasteiger partial charge in [0.15, 0.2) is 0 Å². The maximum Gasteiger partial charge on any atom is 0.326 e. The van der Waals surface area contributed by atoms with Crippen molar-refractivity contribution in [2.75, 3.05) is 0 Å². The molecular weight excluding hydrogens is 225 g/mol. The summed E-state index contributed by atoms with van der Waals surface area (Å²) in [6.45, 7) is 1.18. The van der Waals surface area contributed by atoms with Crippen LogP contribution in [0.2, 0.25) is 0 Å². The van der Waals surface area contributed by atoms with Gasteiger partial charge in [-0.15, -0.1) is 0 Å². The number of carboxylic acid groups (broad SMARTS) is 1. The first-order valence-corrected chi connectivity index (χ1v) is 4.46. The minimum Gasteiger partial charge on any atom is -0.480 e. The van der Waals surface area contributed by atoms with Gasteiger partial charge in [0.2, 0.25) is 5.91 Å². The van der Waals surface area contributed by atoms with Crippen LogP contribution in [0.5, 0.6) is 0 Å². The Morgan fingerprint density at radius 3 is 2.33 bits per heavy atom. The van der Waals surface area contributed by atoms with Crippen LogP contribution in [-0.2, 0) is 18.9 Å². The van der Waals surface area contributed by atoms with Crippen molar-refractivity contribution in [3.63, 3.8) is 0 Å². The SMILES string of the molecule is C[C@H](O)C(=O)N[C@@H](CC(=O)OP)C(=O)O. The van der Waals surface area contributed by atoms with E-state index >= 15 is 0 Å². The van der Waals surface area contributed by atoms with Crippen LogP contribution in [0.1, 0.15) is 13.3 Å². The van der Waals surface area contributed by atoms with Gasteiger partial charge in [0.05, 0.1) is 15.9 Å². The molecule has 7 nitrogen and oxygen atoms in total. The summed E-state index contributed by atoms with van der Waals surface area (Å²) < 4.78 is 4.17. The number of carbonyl (C=O) groups is 3. The van der Waals surface area contributed by atoms with Crippen LogP contribution in [0, 0.1) is 0 Å². The van der Waals surface area contributed by atoms with E-state index in [2.05, 4.69) is 4.52 Å². The monoisotopic (exact) mass is 237 g/mol. The van der Waals surface area contributed by atoms with Crippen LogP contribution in [0.4, 0.5) is 0 Å². The molecule has 0 aromatic rings. The number of rotatable bonds is 5. The van der Waals surface area contributed by atoms with E-state index in [4.69, 9.17) is 10.2 Å². The molecule has 0 fully saturated rings. The lowest BCUT2D eigenvalue weighted by Gasteiger charge is -2.14. The zero-order valence-electron chi connectivity index (χ0n) is 7.97. The van der Waals surface area contributed by atoms with E-state index in [1.165, 1.54) is 6.92 Å². The number of carbonyl (C=O) groups excluding carboxylic acids is 2. The fourth-order valence-corrected chi connectivity index (χ4v) is 0.803. The van der Waals surface area contributed by atoms with Gasteiger partial charge in [-0.2, -0.15) is 0 Å². The summed E-state index contributed by atoms with van der Waals surface area (Å²) in [5, 5.41) is 19.4. The molecule has 0 bridgehead atoms. The summed E-state index contributed by atoms with van der Waals surface area (Å²) in [7, 11) is 1.68. The molecule has 0 radical (unpaired) electrons. The number of aliphatic hydroxyl groups excluding tert-OH is 1. The van der Waals surface area contributed by atoms with E-state index < -0.39 is 36.4 Å². The largest absolute Gasteiger partial charge is 0.480 e. The van der Waals surface area contributed by atoms with Crippen molar-refractivity contribution in [3.05, 3.63) is 0 Å². The fraction of sp³-hybridized carbons (Fsp3) is 0.571. The smallest absolute Gasteiger partial charge is 0.326 e. The highest BCUT2D eigenvalue weighted by Gasteiger charge is 2.25. The quantitative estimate of drug-likeness (QED) is 0.510. The van der Waals surface area contributed by atoms with Crippen molar-refractivity contribution in [2.24, 2.45) is 0 Å². The number of nitrogens with one attached hydrogen (secondary N) is 1. The zero-order chi connectivity index (χ0) is 12.0. The number of hydrogen-bond donors (Lipinski definition) is 3. The minimum atomic E-state index is -1.40. The van der Waals surface area contributed by atoms with E-state index in [0.29, 0.717) is 0 Å². The highest BCUT2D eigenvalue weighted by atomic mass is 31.0. The van der Waals surface area contributed by atoms with Gasteiger partial charge in [-0.3, -0.25) is 9.59 Å². The highest BCUT2D eigenvalue weighted by Crippen LogP contribution is 1.99. The molecule has 86 valence electrons. The number of hydrogen-bond acceptors (Lipinski definition) is 5. The van der Waals surface area contributed by atoms with E-state index in [9.17, 15) is 14.4 Å². The van der Waals surface area contributed by atoms with Gasteiger partial charge >= 0.3 is 11.9 Å². The summed E-state index contributed by atoms with van der Waals surface area (Å²) in [4.78, 5) is 32.3. The Morgan fingerprint density at radius 2 is 2.00 bits per heavy atom. The van der Waals surface area contributed by atoms with Crippen molar-refractivity contribution in [3.8, 4) is 0 Å². The normalized spacial score (nSPS) is 13.8. The Bertz CT molecular complexity index is 266. The maximum absolute atomic E-state index is 10.9.